The summed E-state index contributed by atoms with van der Waals surface area (Å²) < 4.78 is 0.967. The summed E-state index contributed by atoms with van der Waals surface area (Å²) in [6.07, 6.45) is 14.7. The number of pyridine rings is 1. The van der Waals surface area contributed by atoms with E-state index in [4.69, 9.17) is 21.0 Å². The zero-order valence-corrected chi connectivity index (χ0v) is 33.6. The second-order valence-electron chi connectivity index (χ2n) is 16.5. The van der Waals surface area contributed by atoms with Crippen LogP contribution in [-0.2, 0) is 9.63 Å². The van der Waals surface area contributed by atoms with Crippen molar-refractivity contribution in [1.29, 1.82) is 5.41 Å². The number of aromatic nitrogens is 2. The predicted octanol–water partition coefficient (Wildman–Crippen LogP) is 8.69. The molecule has 2 atom stereocenters. The first kappa shape index (κ1) is 39.7. The molecule has 10 nitrogen and oxygen atoms in total. The van der Waals surface area contributed by atoms with E-state index in [0.29, 0.717) is 44.3 Å². The molecule has 3 aromatic rings. The number of primary amides is 1. The third kappa shape index (κ3) is 8.06. The van der Waals surface area contributed by atoms with Gasteiger partial charge in [-0.15, -0.1) is 0 Å². The molecule has 288 valence electrons. The highest BCUT2D eigenvalue weighted by molar-refractivity contribution is 7.22. The number of amides is 2. The molecule has 0 saturated heterocycles. The van der Waals surface area contributed by atoms with Gasteiger partial charge in [0, 0.05) is 47.8 Å². The van der Waals surface area contributed by atoms with Crippen molar-refractivity contribution in [3.63, 3.8) is 0 Å². The number of hydroxylamine groups is 1. The SMILES string of the molecule is C=C\C(=C/C(C(=C)C)=C(/C=C\C)C(=O)Nc1nc2ccccc2s1)c1ccc(/C(C=N)=C(\C)NCC23CC4(C)CC(C)(C2)CC(ONC)(C4)C3)c(C(N)=O)n1. The fraction of sp³-hybridized carbons (Fsp3) is 0.386. The number of anilines is 1. The van der Waals surface area contributed by atoms with Gasteiger partial charge in [0.05, 0.1) is 21.5 Å². The number of benzene rings is 1. The Morgan fingerprint density at radius 2 is 1.73 bits per heavy atom. The van der Waals surface area contributed by atoms with E-state index in [1.54, 1.807) is 36.4 Å². The quantitative estimate of drug-likeness (QED) is 0.0450. The van der Waals surface area contributed by atoms with Crippen molar-refractivity contribution in [2.75, 3.05) is 18.9 Å². The van der Waals surface area contributed by atoms with Crippen LogP contribution in [0.25, 0.3) is 21.4 Å². The number of nitrogens with zero attached hydrogens (tertiary/aromatic N) is 2. The van der Waals surface area contributed by atoms with E-state index >= 15 is 0 Å². The van der Waals surface area contributed by atoms with E-state index in [9.17, 15) is 9.59 Å². The Balaban J connectivity index is 1.31. The standard InChI is InChI=1S/C44H53N7O3S/c1-9-13-31(39(53)51-40-50-35-14-11-12-15-36(35)55-40)32(27(3)4)18-29(10-2)34-17-16-30(37(49-34)38(46)52)33(19-45)28(5)48-26-43-21-41(6)20-42(7,22-43)24-44(23-41,25-43)54-47-8/h9-19,45,47-48H,2-3,20-26H2,1,4-8H3,(H2,46,52)(H,50,51,53)/b13-9-,29-18+,32-31+,33-28+,45-19?. The lowest BCUT2D eigenvalue weighted by atomic mass is 9.39. The van der Waals surface area contributed by atoms with Crippen LogP contribution >= 0.6 is 11.3 Å². The maximum absolute atomic E-state index is 13.7. The van der Waals surface area contributed by atoms with E-state index in [-0.39, 0.29) is 33.4 Å². The molecule has 2 heterocycles. The second kappa shape index (κ2) is 15.3. The Morgan fingerprint density at radius 1 is 1.02 bits per heavy atom. The molecule has 4 saturated carbocycles. The number of nitrogens with one attached hydrogen (secondary N) is 4. The third-order valence-corrected chi connectivity index (χ3v) is 12.3. The van der Waals surface area contributed by atoms with Gasteiger partial charge in [0.1, 0.15) is 5.69 Å². The van der Waals surface area contributed by atoms with Crippen molar-refractivity contribution in [2.24, 2.45) is 22.0 Å². The van der Waals surface area contributed by atoms with Gasteiger partial charge in [0.15, 0.2) is 5.13 Å². The molecular weight excluding hydrogens is 707 g/mol. The molecule has 6 N–H and O–H groups in total. The van der Waals surface area contributed by atoms with Crippen molar-refractivity contribution < 1.29 is 14.4 Å². The molecule has 55 heavy (non-hydrogen) atoms. The molecule has 1 aromatic carbocycles. The average Bonchev–Trinajstić information content (AvgIpc) is 3.51. The number of hydrogen-bond donors (Lipinski definition) is 5. The summed E-state index contributed by atoms with van der Waals surface area (Å²) in [6, 6.07) is 11.2. The Kier molecular flexibility index (Phi) is 11.0. The molecule has 0 radical (unpaired) electrons. The van der Waals surface area contributed by atoms with Crippen molar-refractivity contribution in [3.05, 3.63) is 113 Å². The van der Waals surface area contributed by atoms with Crippen LogP contribution in [-0.4, -0.2) is 47.2 Å². The van der Waals surface area contributed by atoms with Crippen LogP contribution in [0, 0.1) is 21.7 Å². The summed E-state index contributed by atoms with van der Waals surface area (Å²) in [5.74, 6) is -1.07. The number of nitrogens with two attached hydrogens (primary N) is 1. The fourth-order valence-electron chi connectivity index (χ4n) is 10.5. The largest absolute Gasteiger partial charge is 0.387 e. The van der Waals surface area contributed by atoms with E-state index in [1.165, 1.54) is 24.0 Å². The van der Waals surface area contributed by atoms with E-state index < -0.39 is 5.91 Å². The van der Waals surface area contributed by atoms with Crippen LogP contribution in [0.4, 0.5) is 5.13 Å². The van der Waals surface area contributed by atoms with E-state index in [2.05, 4.69) is 48.1 Å². The Hall–Kier alpha value is -4.97. The van der Waals surface area contributed by atoms with Gasteiger partial charge in [-0.05, 0) is 111 Å². The van der Waals surface area contributed by atoms with Crippen molar-refractivity contribution in [2.45, 2.75) is 78.7 Å². The lowest BCUT2D eigenvalue weighted by molar-refractivity contribution is -0.260. The van der Waals surface area contributed by atoms with E-state index in [1.807, 2.05) is 52.1 Å². The molecule has 4 aliphatic carbocycles. The number of hydrogen-bond acceptors (Lipinski definition) is 9. The highest BCUT2D eigenvalue weighted by atomic mass is 32.1. The lowest BCUT2D eigenvalue weighted by Gasteiger charge is -2.69. The predicted molar refractivity (Wildman–Crippen MR) is 224 cm³/mol. The molecule has 2 unspecified atom stereocenters. The zero-order chi connectivity index (χ0) is 39.8. The van der Waals surface area contributed by atoms with Gasteiger partial charge >= 0.3 is 0 Å². The minimum atomic E-state index is -0.721. The van der Waals surface area contributed by atoms with Crippen LogP contribution in [0.15, 0.2) is 96.3 Å². The molecule has 4 fully saturated rings. The van der Waals surface area contributed by atoms with Crippen LogP contribution < -0.4 is 21.8 Å². The van der Waals surface area contributed by atoms with Crippen molar-refractivity contribution >= 4 is 55.9 Å². The van der Waals surface area contributed by atoms with Crippen LogP contribution in [0.2, 0.25) is 0 Å². The molecule has 11 heteroatoms. The Labute approximate surface area is 328 Å². The number of para-hydroxylation sites is 1. The maximum Gasteiger partial charge on any atom is 0.267 e. The van der Waals surface area contributed by atoms with Gasteiger partial charge in [0.25, 0.3) is 11.8 Å². The lowest BCUT2D eigenvalue weighted by Crippen LogP contribution is -2.66. The number of carbonyl (C=O) groups excluding carboxylic acids is 2. The number of allylic oxidation sites excluding steroid dienone is 8. The third-order valence-electron chi connectivity index (χ3n) is 11.3. The van der Waals surface area contributed by atoms with E-state index in [0.717, 1.165) is 54.6 Å². The topological polar surface area (TPSA) is 155 Å². The molecular formula is C44H53N7O3S. The maximum atomic E-state index is 13.7. The molecule has 0 spiro atoms. The smallest absolute Gasteiger partial charge is 0.267 e. The fourth-order valence-corrected chi connectivity index (χ4v) is 11.4. The normalized spacial score (nSPS) is 26.8. The summed E-state index contributed by atoms with van der Waals surface area (Å²) >= 11 is 1.40. The Morgan fingerprint density at radius 3 is 2.33 bits per heavy atom. The van der Waals surface area contributed by atoms with Crippen molar-refractivity contribution in [3.8, 4) is 0 Å². The number of rotatable bonds is 15. The minimum Gasteiger partial charge on any atom is -0.387 e. The molecule has 4 aliphatic rings. The first-order valence-corrected chi connectivity index (χ1v) is 19.6. The number of thiazole rings is 1. The van der Waals surface area contributed by atoms with Crippen LogP contribution in [0.1, 0.15) is 94.9 Å². The molecule has 2 aromatic heterocycles. The minimum absolute atomic E-state index is 0.0317. The highest BCUT2D eigenvalue weighted by Gasteiger charge is 2.66. The number of carbonyl (C=O) groups is 2. The summed E-state index contributed by atoms with van der Waals surface area (Å²) in [7, 11) is 1.85. The Bertz CT molecular complexity index is 2160. The summed E-state index contributed by atoms with van der Waals surface area (Å²) in [5.41, 5.74) is 14.4. The average molecular weight is 760 g/mol. The molecule has 0 aliphatic heterocycles. The first-order chi connectivity index (χ1) is 26.1. The van der Waals surface area contributed by atoms with Gasteiger partial charge in [-0.1, -0.05) is 74.3 Å². The molecule has 2 amide bonds. The van der Waals surface area contributed by atoms with Gasteiger partial charge in [-0.2, -0.15) is 0 Å². The van der Waals surface area contributed by atoms with Crippen molar-refractivity contribution in [1.82, 2.24) is 20.8 Å². The zero-order valence-electron chi connectivity index (χ0n) is 32.8. The van der Waals surface area contributed by atoms with Gasteiger partial charge in [-0.25, -0.2) is 15.4 Å². The summed E-state index contributed by atoms with van der Waals surface area (Å²) in [5, 5.41) is 15.6. The second-order valence-corrected chi connectivity index (χ2v) is 17.5. The molecule has 7 rings (SSSR count). The molecule has 4 bridgehead atoms. The van der Waals surface area contributed by atoms with Crippen LogP contribution in [0.5, 0.6) is 0 Å². The van der Waals surface area contributed by atoms with Gasteiger partial charge < -0.3 is 16.5 Å². The monoisotopic (exact) mass is 759 g/mol. The highest BCUT2D eigenvalue weighted by Crippen LogP contribution is 2.71. The first-order valence-electron chi connectivity index (χ1n) is 18.8. The van der Waals surface area contributed by atoms with Crippen LogP contribution in [0.3, 0.4) is 0 Å². The number of fused-ring (bicyclic) bond motifs is 1. The summed E-state index contributed by atoms with van der Waals surface area (Å²) in [6.45, 7) is 19.3. The van der Waals surface area contributed by atoms with Gasteiger partial charge in [-0.3, -0.25) is 19.7 Å². The van der Waals surface area contributed by atoms with Gasteiger partial charge in [0.2, 0.25) is 0 Å². The summed E-state index contributed by atoms with van der Waals surface area (Å²) in [4.78, 5) is 42.3.